The van der Waals surface area contributed by atoms with Gasteiger partial charge in [0, 0.05) is 44.3 Å². The zero-order chi connectivity index (χ0) is 13.9. The van der Waals surface area contributed by atoms with Crippen LogP contribution in [0.3, 0.4) is 0 Å². The number of benzene rings is 1. The van der Waals surface area contributed by atoms with Crippen molar-refractivity contribution in [2.75, 3.05) is 33.2 Å². The van der Waals surface area contributed by atoms with Crippen molar-refractivity contribution in [3.63, 3.8) is 0 Å². The standard InChI is InChI=1S/C17H27N3/c1-14-13-19(2)10-11-20(14)17(12-18-16-8-9-16)15-6-4-3-5-7-15/h3-7,14,16-18H,8-13H2,1-2H3. The fourth-order valence-electron chi connectivity index (χ4n) is 3.28. The molecule has 20 heavy (non-hydrogen) atoms. The maximum absolute atomic E-state index is 3.73. The Balaban J connectivity index is 1.73. The Bertz CT molecular complexity index is 416. The van der Waals surface area contributed by atoms with Crippen LogP contribution in [0.2, 0.25) is 0 Å². The zero-order valence-corrected chi connectivity index (χ0v) is 12.8. The van der Waals surface area contributed by atoms with Gasteiger partial charge in [0.15, 0.2) is 0 Å². The number of hydrogen-bond acceptors (Lipinski definition) is 3. The third-order valence-electron chi connectivity index (χ3n) is 4.64. The summed E-state index contributed by atoms with van der Waals surface area (Å²) in [5.41, 5.74) is 1.46. The van der Waals surface area contributed by atoms with Crippen LogP contribution in [0, 0.1) is 0 Å². The van der Waals surface area contributed by atoms with Crippen LogP contribution in [0.4, 0.5) is 0 Å². The van der Waals surface area contributed by atoms with Gasteiger partial charge in [-0.1, -0.05) is 30.3 Å². The Morgan fingerprint density at radius 2 is 1.95 bits per heavy atom. The smallest absolute Gasteiger partial charge is 0.0476 e. The Labute approximate surface area is 123 Å². The second kappa shape index (κ2) is 6.25. The van der Waals surface area contributed by atoms with Crippen molar-refractivity contribution in [1.82, 2.24) is 15.1 Å². The molecule has 2 unspecified atom stereocenters. The number of likely N-dealkylation sites (N-methyl/N-ethyl adjacent to an activating group) is 1. The monoisotopic (exact) mass is 273 g/mol. The van der Waals surface area contributed by atoms with Gasteiger partial charge in [0.25, 0.3) is 0 Å². The van der Waals surface area contributed by atoms with Gasteiger partial charge < -0.3 is 10.2 Å². The molecule has 3 nitrogen and oxygen atoms in total. The molecule has 3 heteroatoms. The minimum atomic E-state index is 0.514. The fourth-order valence-corrected chi connectivity index (χ4v) is 3.28. The highest BCUT2D eigenvalue weighted by atomic mass is 15.3. The van der Waals surface area contributed by atoms with E-state index in [0.717, 1.165) is 12.6 Å². The number of nitrogens with one attached hydrogen (secondary N) is 1. The molecule has 1 aliphatic carbocycles. The molecule has 1 saturated carbocycles. The fraction of sp³-hybridized carbons (Fsp3) is 0.647. The summed E-state index contributed by atoms with van der Waals surface area (Å²) in [6.07, 6.45) is 2.72. The van der Waals surface area contributed by atoms with Crippen LogP contribution in [-0.4, -0.2) is 55.1 Å². The highest BCUT2D eigenvalue weighted by Gasteiger charge is 2.30. The van der Waals surface area contributed by atoms with Crippen LogP contribution in [0.25, 0.3) is 0 Å². The summed E-state index contributed by atoms with van der Waals surface area (Å²) in [6, 6.07) is 12.9. The van der Waals surface area contributed by atoms with Crippen LogP contribution in [0.15, 0.2) is 30.3 Å². The van der Waals surface area contributed by atoms with Gasteiger partial charge in [0.1, 0.15) is 0 Å². The number of piperazine rings is 1. The SMILES string of the molecule is CC1CN(C)CCN1C(CNC1CC1)c1ccccc1. The number of hydrogen-bond donors (Lipinski definition) is 1. The number of rotatable bonds is 5. The van der Waals surface area contributed by atoms with Crippen LogP contribution in [-0.2, 0) is 0 Å². The lowest BCUT2D eigenvalue weighted by atomic mass is 10.0. The molecule has 0 bridgehead atoms. The summed E-state index contributed by atoms with van der Waals surface area (Å²) in [6.45, 7) is 6.97. The van der Waals surface area contributed by atoms with Crippen molar-refractivity contribution < 1.29 is 0 Å². The Morgan fingerprint density at radius 3 is 2.60 bits per heavy atom. The molecule has 2 fully saturated rings. The molecular formula is C17H27N3. The molecule has 1 aromatic carbocycles. The van der Waals surface area contributed by atoms with Crippen LogP contribution in [0.1, 0.15) is 31.4 Å². The second-order valence-electron chi connectivity index (χ2n) is 6.46. The van der Waals surface area contributed by atoms with Crippen molar-refractivity contribution in [2.24, 2.45) is 0 Å². The number of nitrogens with zero attached hydrogens (tertiary/aromatic N) is 2. The van der Waals surface area contributed by atoms with E-state index in [9.17, 15) is 0 Å². The van der Waals surface area contributed by atoms with Crippen molar-refractivity contribution in [3.8, 4) is 0 Å². The maximum atomic E-state index is 3.73. The van der Waals surface area contributed by atoms with Crippen molar-refractivity contribution in [2.45, 2.75) is 37.9 Å². The second-order valence-corrected chi connectivity index (χ2v) is 6.46. The minimum absolute atomic E-state index is 0.514. The van der Waals surface area contributed by atoms with E-state index in [1.165, 1.54) is 38.0 Å². The van der Waals surface area contributed by atoms with Crippen LogP contribution >= 0.6 is 0 Å². The summed E-state index contributed by atoms with van der Waals surface area (Å²) in [7, 11) is 2.23. The van der Waals surface area contributed by atoms with Gasteiger partial charge in [0.05, 0.1) is 0 Å². The predicted molar refractivity (Wildman–Crippen MR) is 83.9 cm³/mol. The molecule has 1 saturated heterocycles. The normalized spacial score (nSPS) is 26.6. The van der Waals surface area contributed by atoms with Crippen molar-refractivity contribution in [3.05, 3.63) is 35.9 Å². The first kappa shape index (κ1) is 14.1. The van der Waals surface area contributed by atoms with Gasteiger partial charge >= 0.3 is 0 Å². The molecule has 2 aliphatic rings. The third kappa shape index (κ3) is 3.40. The molecule has 1 N–H and O–H groups in total. The molecule has 0 amide bonds. The summed E-state index contributed by atoms with van der Waals surface area (Å²) < 4.78 is 0. The zero-order valence-electron chi connectivity index (χ0n) is 12.8. The van der Waals surface area contributed by atoms with E-state index in [0.29, 0.717) is 12.1 Å². The Hall–Kier alpha value is -0.900. The molecule has 3 rings (SSSR count). The van der Waals surface area contributed by atoms with E-state index < -0.39 is 0 Å². The van der Waals surface area contributed by atoms with Gasteiger partial charge in [-0.05, 0) is 32.4 Å². The molecule has 1 heterocycles. The van der Waals surface area contributed by atoms with Crippen LogP contribution in [0.5, 0.6) is 0 Å². The molecule has 110 valence electrons. The topological polar surface area (TPSA) is 18.5 Å². The van der Waals surface area contributed by atoms with Gasteiger partial charge in [-0.25, -0.2) is 0 Å². The Kier molecular flexibility index (Phi) is 4.39. The first-order valence-electron chi connectivity index (χ1n) is 7.96. The lowest BCUT2D eigenvalue weighted by Crippen LogP contribution is -2.53. The Morgan fingerprint density at radius 1 is 1.20 bits per heavy atom. The first-order valence-corrected chi connectivity index (χ1v) is 7.96. The van der Waals surface area contributed by atoms with Gasteiger partial charge in [-0.15, -0.1) is 0 Å². The van der Waals surface area contributed by atoms with E-state index in [1.807, 2.05) is 0 Å². The van der Waals surface area contributed by atoms with Crippen LogP contribution < -0.4 is 5.32 Å². The van der Waals surface area contributed by atoms with E-state index in [4.69, 9.17) is 0 Å². The summed E-state index contributed by atoms with van der Waals surface area (Å²) in [4.78, 5) is 5.13. The molecule has 1 aromatic rings. The average Bonchev–Trinajstić information content (AvgIpc) is 3.26. The maximum Gasteiger partial charge on any atom is 0.0476 e. The molecule has 0 aromatic heterocycles. The molecular weight excluding hydrogens is 246 g/mol. The lowest BCUT2D eigenvalue weighted by Gasteiger charge is -2.43. The molecule has 2 atom stereocenters. The minimum Gasteiger partial charge on any atom is -0.312 e. The van der Waals surface area contributed by atoms with E-state index >= 15 is 0 Å². The predicted octanol–water partition coefficient (Wildman–Crippen LogP) is 2.12. The first-order chi connectivity index (χ1) is 9.74. The lowest BCUT2D eigenvalue weighted by molar-refractivity contribution is 0.0600. The largest absolute Gasteiger partial charge is 0.312 e. The van der Waals surface area contributed by atoms with E-state index in [1.54, 1.807) is 0 Å². The molecule has 0 spiro atoms. The van der Waals surface area contributed by atoms with Gasteiger partial charge in [-0.3, -0.25) is 4.90 Å². The van der Waals surface area contributed by atoms with Crippen molar-refractivity contribution in [1.29, 1.82) is 0 Å². The summed E-state index contributed by atoms with van der Waals surface area (Å²) in [5.74, 6) is 0. The van der Waals surface area contributed by atoms with E-state index in [2.05, 4.69) is 59.4 Å². The highest BCUT2D eigenvalue weighted by Crippen LogP contribution is 2.26. The molecule has 1 aliphatic heterocycles. The van der Waals surface area contributed by atoms with Crippen molar-refractivity contribution >= 4 is 0 Å². The molecule has 0 radical (unpaired) electrons. The van der Waals surface area contributed by atoms with Gasteiger partial charge in [0.2, 0.25) is 0 Å². The summed E-state index contributed by atoms with van der Waals surface area (Å²) in [5, 5.41) is 3.73. The quantitative estimate of drug-likeness (QED) is 0.886. The summed E-state index contributed by atoms with van der Waals surface area (Å²) >= 11 is 0. The third-order valence-corrected chi connectivity index (χ3v) is 4.64. The average molecular weight is 273 g/mol. The highest BCUT2D eigenvalue weighted by molar-refractivity contribution is 5.20. The van der Waals surface area contributed by atoms with Gasteiger partial charge in [-0.2, -0.15) is 0 Å². The van der Waals surface area contributed by atoms with E-state index in [-0.39, 0.29) is 0 Å².